The molecule has 142 valence electrons. The molecule has 2 aromatic carbocycles. The maximum Gasteiger partial charge on any atom is 0.257 e. The zero-order valence-electron chi connectivity index (χ0n) is 15.5. The molecule has 1 heterocycles. The van der Waals surface area contributed by atoms with Crippen LogP contribution in [0.2, 0.25) is 5.02 Å². The third kappa shape index (κ3) is 4.89. The molecule has 5 heteroatoms. The van der Waals surface area contributed by atoms with Crippen LogP contribution in [0.3, 0.4) is 0 Å². The molecule has 0 unspecified atom stereocenters. The van der Waals surface area contributed by atoms with Gasteiger partial charge < -0.3 is 15.5 Å². The first-order valence-corrected chi connectivity index (χ1v) is 10.2. The van der Waals surface area contributed by atoms with Crippen LogP contribution in [0.25, 0.3) is 0 Å². The third-order valence-corrected chi connectivity index (χ3v) is 5.82. The van der Waals surface area contributed by atoms with E-state index in [9.17, 15) is 4.79 Å². The number of carbonyl (C=O) groups excluding carboxylic acids is 1. The molecule has 2 aromatic rings. The fourth-order valence-corrected chi connectivity index (χ4v) is 3.99. The first-order chi connectivity index (χ1) is 13.2. The number of carbonyl (C=O) groups is 1. The Bertz CT molecular complexity index is 798. The lowest BCUT2D eigenvalue weighted by Gasteiger charge is -2.32. The van der Waals surface area contributed by atoms with E-state index in [-0.39, 0.29) is 5.91 Å². The number of hydrogen-bond donors (Lipinski definition) is 2. The number of nitrogens with zero attached hydrogens (tertiary/aromatic N) is 1. The number of rotatable bonds is 6. The van der Waals surface area contributed by atoms with Crippen LogP contribution in [0, 0.1) is 0 Å². The third-order valence-electron chi connectivity index (χ3n) is 5.49. The standard InChI is InChI=1S/C22H26ClN3O/c23-21-7-2-1-6-20(21)22(27)25-18-5-3-4-16(14-18)15-24-17-10-12-26(13-11-17)19-8-9-19/h1-7,14,17,19,24H,8-13,15H2,(H,25,27). The lowest BCUT2D eigenvalue weighted by molar-refractivity contribution is 0.102. The smallest absolute Gasteiger partial charge is 0.257 e. The summed E-state index contributed by atoms with van der Waals surface area (Å²) in [7, 11) is 0. The summed E-state index contributed by atoms with van der Waals surface area (Å²) in [5.74, 6) is -0.182. The molecule has 2 N–H and O–H groups in total. The van der Waals surface area contributed by atoms with E-state index in [4.69, 9.17) is 11.6 Å². The van der Waals surface area contributed by atoms with E-state index in [0.29, 0.717) is 16.6 Å². The molecule has 4 rings (SSSR count). The number of hydrogen-bond acceptors (Lipinski definition) is 3. The minimum atomic E-state index is -0.182. The summed E-state index contributed by atoms with van der Waals surface area (Å²) < 4.78 is 0. The number of piperidine rings is 1. The van der Waals surface area contributed by atoms with Crippen LogP contribution < -0.4 is 10.6 Å². The molecular weight excluding hydrogens is 358 g/mol. The van der Waals surface area contributed by atoms with Crippen LogP contribution >= 0.6 is 11.6 Å². The van der Waals surface area contributed by atoms with E-state index in [1.54, 1.807) is 12.1 Å². The predicted molar refractivity (Wildman–Crippen MR) is 110 cm³/mol. The largest absolute Gasteiger partial charge is 0.322 e. The predicted octanol–water partition coefficient (Wildman–Crippen LogP) is 4.31. The van der Waals surface area contributed by atoms with Crippen LogP contribution in [0.15, 0.2) is 48.5 Å². The molecular formula is C22H26ClN3O. The van der Waals surface area contributed by atoms with Gasteiger partial charge in [-0.1, -0.05) is 35.9 Å². The maximum atomic E-state index is 12.4. The Morgan fingerprint density at radius 1 is 1.04 bits per heavy atom. The second-order valence-electron chi connectivity index (χ2n) is 7.56. The van der Waals surface area contributed by atoms with Crippen LogP contribution in [-0.4, -0.2) is 36.0 Å². The maximum absolute atomic E-state index is 12.4. The van der Waals surface area contributed by atoms with Crippen molar-refractivity contribution in [3.05, 3.63) is 64.7 Å². The van der Waals surface area contributed by atoms with E-state index in [1.165, 1.54) is 44.3 Å². The Morgan fingerprint density at radius 2 is 1.81 bits per heavy atom. The van der Waals surface area contributed by atoms with E-state index in [0.717, 1.165) is 18.3 Å². The minimum Gasteiger partial charge on any atom is -0.322 e. The number of anilines is 1. The Hall–Kier alpha value is -1.88. The van der Waals surface area contributed by atoms with E-state index >= 15 is 0 Å². The molecule has 1 aliphatic carbocycles. The average Bonchev–Trinajstić information content (AvgIpc) is 3.53. The van der Waals surface area contributed by atoms with Crippen molar-refractivity contribution in [1.29, 1.82) is 0 Å². The normalized spacial score (nSPS) is 18.4. The zero-order valence-corrected chi connectivity index (χ0v) is 16.2. The summed E-state index contributed by atoms with van der Waals surface area (Å²) in [4.78, 5) is 15.1. The fraction of sp³-hybridized carbons (Fsp3) is 0.409. The Morgan fingerprint density at radius 3 is 2.56 bits per heavy atom. The quantitative estimate of drug-likeness (QED) is 0.781. The van der Waals surface area contributed by atoms with E-state index < -0.39 is 0 Å². The molecule has 27 heavy (non-hydrogen) atoms. The van der Waals surface area contributed by atoms with Crippen LogP contribution in [0.5, 0.6) is 0 Å². The van der Waals surface area contributed by atoms with Crippen molar-refractivity contribution in [2.75, 3.05) is 18.4 Å². The van der Waals surface area contributed by atoms with Gasteiger partial charge in [-0.2, -0.15) is 0 Å². The zero-order chi connectivity index (χ0) is 18.6. The van der Waals surface area contributed by atoms with Gasteiger partial charge in [0.2, 0.25) is 0 Å². The summed E-state index contributed by atoms with van der Waals surface area (Å²) in [6, 6.07) is 16.6. The minimum absolute atomic E-state index is 0.182. The van der Waals surface area contributed by atoms with Crippen molar-refractivity contribution in [3.8, 4) is 0 Å². The van der Waals surface area contributed by atoms with Crippen LogP contribution in [0.1, 0.15) is 41.6 Å². The summed E-state index contributed by atoms with van der Waals surface area (Å²) in [6.45, 7) is 3.26. The van der Waals surface area contributed by atoms with E-state index in [2.05, 4.69) is 21.6 Å². The number of benzene rings is 2. The second kappa shape index (κ2) is 8.42. The number of amides is 1. The van der Waals surface area contributed by atoms with Gasteiger partial charge in [0.05, 0.1) is 10.6 Å². The number of halogens is 1. The summed E-state index contributed by atoms with van der Waals surface area (Å²) in [5, 5.41) is 7.09. The molecule has 1 aliphatic heterocycles. The molecule has 0 aromatic heterocycles. The summed E-state index contributed by atoms with van der Waals surface area (Å²) in [5.41, 5.74) is 2.46. The Balaban J connectivity index is 1.30. The molecule has 0 atom stereocenters. The number of nitrogens with one attached hydrogen (secondary N) is 2. The van der Waals surface area contributed by atoms with Crippen LogP contribution in [-0.2, 0) is 6.54 Å². The summed E-state index contributed by atoms with van der Waals surface area (Å²) >= 11 is 6.11. The summed E-state index contributed by atoms with van der Waals surface area (Å²) in [6.07, 6.45) is 5.23. The highest BCUT2D eigenvalue weighted by molar-refractivity contribution is 6.34. The second-order valence-corrected chi connectivity index (χ2v) is 7.96. The molecule has 1 saturated carbocycles. The van der Waals surface area contributed by atoms with Gasteiger partial charge in [-0.05, 0) is 68.6 Å². The van der Waals surface area contributed by atoms with E-state index in [1.807, 2.05) is 30.3 Å². The van der Waals surface area contributed by atoms with Gasteiger partial charge in [-0.3, -0.25) is 4.79 Å². The molecule has 2 aliphatic rings. The SMILES string of the molecule is O=C(Nc1cccc(CNC2CCN(C3CC3)CC2)c1)c1ccccc1Cl. The molecule has 1 amide bonds. The van der Waals surface area contributed by atoms with Crippen molar-refractivity contribution in [1.82, 2.24) is 10.2 Å². The first kappa shape index (κ1) is 18.5. The van der Waals surface area contributed by atoms with Gasteiger partial charge >= 0.3 is 0 Å². The first-order valence-electron chi connectivity index (χ1n) is 9.81. The monoisotopic (exact) mass is 383 g/mol. The van der Waals surface area contributed by atoms with Gasteiger partial charge in [0, 0.05) is 24.3 Å². The highest BCUT2D eigenvalue weighted by Crippen LogP contribution is 2.29. The Kier molecular flexibility index (Phi) is 5.77. The fourth-order valence-electron chi connectivity index (χ4n) is 3.77. The van der Waals surface area contributed by atoms with Crippen molar-refractivity contribution >= 4 is 23.2 Å². The molecule has 1 saturated heterocycles. The highest BCUT2D eigenvalue weighted by Gasteiger charge is 2.31. The van der Waals surface area contributed by atoms with Gasteiger partial charge in [0.25, 0.3) is 5.91 Å². The van der Waals surface area contributed by atoms with Crippen molar-refractivity contribution in [2.45, 2.75) is 44.3 Å². The highest BCUT2D eigenvalue weighted by atomic mass is 35.5. The average molecular weight is 384 g/mol. The lowest BCUT2D eigenvalue weighted by Crippen LogP contribution is -2.43. The Labute approximate surface area is 165 Å². The molecule has 0 spiro atoms. The van der Waals surface area contributed by atoms with Crippen molar-refractivity contribution in [3.63, 3.8) is 0 Å². The molecule has 0 bridgehead atoms. The van der Waals surface area contributed by atoms with Gasteiger partial charge in [-0.25, -0.2) is 0 Å². The van der Waals surface area contributed by atoms with Gasteiger partial charge in [0.15, 0.2) is 0 Å². The van der Waals surface area contributed by atoms with Gasteiger partial charge in [0.1, 0.15) is 0 Å². The van der Waals surface area contributed by atoms with Crippen molar-refractivity contribution in [2.24, 2.45) is 0 Å². The molecule has 2 fully saturated rings. The van der Waals surface area contributed by atoms with Crippen molar-refractivity contribution < 1.29 is 4.79 Å². The molecule has 4 nitrogen and oxygen atoms in total. The van der Waals surface area contributed by atoms with Crippen LogP contribution in [0.4, 0.5) is 5.69 Å². The topological polar surface area (TPSA) is 44.4 Å². The number of likely N-dealkylation sites (tertiary alicyclic amines) is 1. The molecule has 0 radical (unpaired) electrons. The lowest BCUT2D eigenvalue weighted by atomic mass is 10.0. The van der Waals surface area contributed by atoms with Gasteiger partial charge in [-0.15, -0.1) is 0 Å².